The SMILES string of the molecule is CCc1ccc2cc(-c3nc4cc(C(=O)N5CC[C@H]6OCCN[C@H]6C5)cc(OC)n4c3C)n(CC3CC3)c2n1. The Balaban J connectivity index is 1.29. The molecule has 3 fully saturated rings. The predicted octanol–water partition coefficient (Wildman–Crippen LogP) is 3.84. The Kier molecular flexibility index (Phi) is 6.08. The zero-order valence-electron chi connectivity index (χ0n) is 22.9. The number of aryl methyl sites for hydroxylation is 2. The molecule has 9 nitrogen and oxygen atoms in total. The third kappa shape index (κ3) is 4.28. The summed E-state index contributed by atoms with van der Waals surface area (Å²) in [6.07, 6.45) is 4.45. The maximum absolute atomic E-state index is 13.7. The number of fused-ring (bicyclic) bond motifs is 3. The van der Waals surface area contributed by atoms with Crippen LogP contribution in [0.15, 0.2) is 30.3 Å². The molecule has 7 rings (SSSR count). The number of imidazole rings is 1. The minimum atomic E-state index is 0.00275. The molecule has 9 heteroatoms. The largest absolute Gasteiger partial charge is 0.482 e. The maximum atomic E-state index is 13.7. The number of carbonyl (C=O) groups excluding carboxylic acids is 1. The number of pyridine rings is 2. The normalized spacial score (nSPS) is 21.5. The van der Waals surface area contributed by atoms with Gasteiger partial charge in [0.1, 0.15) is 17.0 Å². The lowest BCUT2D eigenvalue weighted by Crippen LogP contribution is -2.59. The van der Waals surface area contributed by atoms with Gasteiger partial charge in [-0.25, -0.2) is 9.97 Å². The van der Waals surface area contributed by atoms with Crippen LogP contribution in [0.1, 0.15) is 47.9 Å². The van der Waals surface area contributed by atoms with Crippen molar-refractivity contribution in [3.05, 3.63) is 47.3 Å². The van der Waals surface area contributed by atoms with Crippen molar-refractivity contribution < 1.29 is 14.3 Å². The van der Waals surface area contributed by atoms with Crippen molar-refractivity contribution in [2.24, 2.45) is 5.92 Å². The highest BCUT2D eigenvalue weighted by atomic mass is 16.5. The smallest absolute Gasteiger partial charge is 0.254 e. The minimum Gasteiger partial charge on any atom is -0.482 e. The lowest BCUT2D eigenvalue weighted by atomic mass is 10.00. The van der Waals surface area contributed by atoms with Gasteiger partial charge in [0, 0.05) is 48.9 Å². The summed E-state index contributed by atoms with van der Waals surface area (Å²) in [6, 6.07) is 10.4. The summed E-state index contributed by atoms with van der Waals surface area (Å²) >= 11 is 0. The molecule has 0 spiro atoms. The number of aromatic nitrogens is 4. The molecule has 4 aromatic rings. The van der Waals surface area contributed by atoms with Crippen LogP contribution in [0, 0.1) is 12.8 Å². The van der Waals surface area contributed by atoms with Gasteiger partial charge in [0.2, 0.25) is 0 Å². The first kappa shape index (κ1) is 24.6. The molecule has 2 saturated heterocycles. The molecule has 1 amide bonds. The molecule has 1 N–H and O–H groups in total. The van der Waals surface area contributed by atoms with E-state index in [1.165, 1.54) is 12.8 Å². The van der Waals surface area contributed by atoms with E-state index in [0.29, 0.717) is 36.1 Å². The van der Waals surface area contributed by atoms with Gasteiger partial charge in [0.25, 0.3) is 5.91 Å². The molecule has 0 radical (unpaired) electrons. The fourth-order valence-electron chi connectivity index (χ4n) is 6.24. The lowest BCUT2D eigenvalue weighted by Gasteiger charge is -2.41. The van der Waals surface area contributed by atoms with E-state index in [2.05, 4.69) is 41.9 Å². The summed E-state index contributed by atoms with van der Waals surface area (Å²) in [6.45, 7) is 8.05. The highest BCUT2D eigenvalue weighted by molar-refractivity contribution is 5.96. The Morgan fingerprint density at radius 2 is 2.05 bits per heavy atom. The average Bonchev–Trinajstić information content (AvgIpc) is 3.65. The molecular formula is C30H36N6O3. The molecule has 204 valence electrons. The Labute approximate surface area is 228 Å². The Bertz CT molecular complexity index is 1570. The van der Waals surface area contributed by atoms with Crippen molar-refractivity contribution in [2.45, 2.75) is 58.2 Å². The number of nitrogens with one attached hydrogen (secondary N) is 1. The molecule has 0 aromatic carbocycles. The molecule has 2 aliphatic heterocycles. The number of nitrogens with zero attached hydrogens (tertiary/aromatic N) is 5. The van der Waals surface area contributed by atoms with Crippen molar-refractivity contribution in [1.82, 2.24) is 29.2 Å². The molecule has 1 saturated carbocycles. The van der Waals surface area contributed by atoms with Gasteiger partial charge in [-0.2, -0.15) is 0 Å². The fraction of sp³-hybridized carbons (Fsp3) is 0.500. The van der Waals surface area contributed by atoms with Crippen LogP contribution in [0.3, 0.4) is 0 Å². The van der Waals surface area contributed by atoms with E-state index < -0.39 is 0 Å². The first-order valence-corrected chi connectivity index (χ1v) is 14.2. The van der Waals surface area contributed by atoms with Crippen LogP contribution in [0.4, 0.5) is 0 Å². The van der Waals surface area contributed by atoms with Gasteiger partial charge >= 0.3 is 0 Å². The number of amides is 1. The topological polar surface area (TPSA) is 85.9 Å². The van der Waals surface area contributed by atoms with Crippen molar-refractivity contribution >= 4 is 22.6 Å². The monoisotopic (exact) mass is 528 g/mol. The number of hydrogen-bond donors (Lipinski definition) is 1. The molecule has 2 atom stereocenters. The van der Waals surface area contributed by atoms with E-state index in [9.17, 15) is 4.79 Å². The van der Waals surface area contributed by atoms with E-state index in [1.54, 1.807) is 7.11 Å². The lowest BCUT2D eigenvalue weighted by molar-refractivity contribution is -0.0383. The predicted molar refractivity (Wildman–Crippen MR) is 149 cm³/mol. The van der Waals surface area contributed by atoms with Gasteiger partial charge in [-0.15, -0.1) is 0 Å². The third-order valence-corrected chi connectivity index (χ3v) is 8.59. The second kappa shape index (κ2) is 9.64. The van der Waals surface area contributed by atoms with Crippen LogP contribution in [0.25, 0.3) is 28.1 Å². The van der Waals surface area contributed by atoms with Crippen LogP contribution >= 0.6 is 0 Å². The minimum absolute atomic E-state index is 0.00275. The number of rotatable bonds is 6. The Morgan fingerprint density at radius 3 is 2.85 bits per heavy atom. The standard InChI is InChI=1S/C30H36N6O3/c1-4-22-8-7-20-13-24(35(29(20)32-22)16-19-5-6-19)28-18(2)36-26(33-28)14-21(15-27(36)38-3)30(37)34-11-9-25-23(17-34)31-10-12-39-25/h7-8,13-15,19,23,25,31H,4-6,9-12,16-17H2,1-3H3/t23-,25+/m0/s1. The van der Waals surface area contributed by atoms with Crippen molar-refractivity contribution in [1.29, 1.82) is 0 Å². The molecule has 0 bridgehead atoms. The van der Waals surface area contributed by atoms with Gasteiger partial charge in [-0.1, -0.05) is 6.92 Å². The molecule has 0 unspecified atom stereocenters. The maximum Gasteiger partial charge on any atom is 0.254 e. The first-order valence-electron chi connectivity index (χ1n) is 14.2. The zero-order chi connectivity index (χ0) is 26.7. The van der Waals surface area contributed by atoms with Crippen molar-refractivity contribution in [3.8, 4) is 17.3 Å². The van der Waals surface area contributed by atoms with E-state index >= 15 is 0 Å². The zero-order valence-corrected chi connectivity index (χ0v) is 22.9. The summed E-state index contributed by atoms with van der Waals surface area (Å²) < 4.78 is 16.1. The highest BCUT2D eigenvalue weighted by Crippen LogP contribution is 2.37. The molecular weight excluding hydrogens is 492 g/mol. The molecule has 39 heavy (non-hydrogen) atoms. The van der Waals surface area contributed by atoms with Gasteiger partial charge in [0.15, 0.2) is 5.88 Å². The number of hydrogen-bond acceptors (Lipinski definition) is 6. The average molecular weight is 529 g/mol. The Morgan fingerprint density at radius 1 is 1.18 bits per heavy atom. The second-order valence-corrected chi connectivity index (χ2v) is 11.2. The van der Waals surface area contributed by atoms with E-state index in [-0.39, 0.29) is 18.1 Å². The van der Waals surface area contributed by atoms with Gasteiger partial charge in [-0.3, -0.25) is 9.20 Å². The molecule has 4 aromatic heterocycles. The molecule has 1 aliphatic carbocycles. The molecule has 3 aliphatic rings. The van der Waals surface area contributed by atoms with Gasteiger partial charge in [0.05, 0.1) is 37.3 Å². The van der Waals surface area contributed by atoms with Gasteiger partial charge in [-0.05, 0) is 62.8 Å². The number of piperidine rings is 1. The van der Waals surface area contributed by atoms with Gasteiger partial charge < -0.3 is 24.3 Å². The third-order valence-electron chi connectivity index (χ3n) is 8.59. The van der Waals surface area contributed by atoms with E-state index in [4.69, 9.17) is 19.4 Å². The van der Waals surface area contributed by atoms with Crippen LogP contribution in [0.2, 0.25) is 0 Å². The number of methoxy groups -OCH3 is 1. The summed E-state index contributed by atoms with van der Waals surface area (Å²) in [5.74, 6) is 1.30. The van der Waals surface area contributed by atoms with Crippen molar-refractivity contribution in [2.75, 3.05) is 33.4 Å². The highest BCUT2D eigenvalue weighted by Gasteiger charge is 2.34. The summed E-state index contributed by atoms with van der Waals surface area (Å²) in [5, 5.41) is 4.64. The number of morpholine rings is 1. The second-order valence-electron chi connectivity index (χ2n) is 11.2. The first-order chi connectivity index (χ1) is 19.0. The van der Waals surface area contributed by atoms with Crippen LogP contribution in [-0.2, 0) is 17.7 Å². The number of carbonyl (C=O) groups is 1. The number of likely N-dealkylation sites (tertiary alicyclic amines) is 1. The van der Waals surface area contributed by atoms with Crippen LogP contribution in [0.5, 0.6) is 5.88 Å². The quantitative estimate of drug-likeness (QED) is 0.409. The Hall–Kier alpha value is -3.43. The molecule has 6 heterocycles. The van der Waals surface area contributed by atoms with Crippen LogP contribution < -0.4 is 10.1 Å². The summed E-state index contributed by atoms with van der Waals surface area (Å²) in [4.78, 5) is 25.7. The number of ether oxygens (including phenoxy) is 2. The van der Waals surface area contributed by atoms with Crippen molar-refractivity contribution in [3.63, 3.8) is 0 Å². The summed E-state index contributed by atoms with van der Waals surface area (Å²) in [7, 11) is 1.65. The van der Waals surface area contributed by atoms with E-state index in [1.807, 2.05) is 21.4 Å². The fourth-order valence-corrected chi connectivity index (χ4v) is 6.24. The van der Waals surface area contributed by atoms with Crippen LogP contribution in [-0.4, -0.2) is 75.2 Å². The van der Waals surface area contributed by atoms with E-state index in [0.717, 1.165) is 66.3 Å². The summed E-state index contributed by atoms with van der Waals surface area (Å²) in [5.41, 5.74) is 6.39.